The van der Waals surface area contributed by atoms with E-state index in [2.05, 4.69) is 28.1 Å². The molecule has 0 bridgehead atoms. The molecule has 0 aliphatic heterocycles. The van der Waals surface area contributed by atoms with Crippen LogP contribution in [-0.2, 0) is 35.2 Å². The molecular formula is C20H28N4O8S. The van der Waals surface area contributed by atoms with Crippen LogP contribution in [-0.4, -0.2) is 63.3 Å². The number of carbonyl (C=O) groups excluding carboxylic acids is 3. The first kappa shape index (κ1) is 27.9. The minimum Gasteiger partial charge on any atom is -0.481 e. The molecule has 182 valence electrons. The van der Waals surface area contributed by atoms with E-state index < -0.39 is 59.5 Å². The van der Waals surface area contributed by atoms with Gasteiger partial charge in [0.05, 0.1) is 5.25 Å². The van der Waals surface area contributed by atoms with Crippen molar-refractivity contribution in [3.63, 3.8) is 0 Å². The Kier molecular flexibility index (Phi) is 11.9. The summed E-state index contributed by atoms with van der Waals surface area (Å²) in [6.07, 6.45) is -0.867. The van der Waals surface area contributed by atoms with Crippen LogP contribution in [0, 0.1) is 0 Å². The summed E-state index contributed by atoms with van der Waals surface area (Å²) in [4.78, 5) is 62.9. The third kappa shape index (κ3) is 10.3. The predicted octanol–water partition coefficient (Wildman–Crippen LogP) is -1.03. The molecule has 0 aliphatic rings. The van der Waals surface area contributed by atoms with Crippen LogP contribution < -0.4 is 22.3 Å². The molecule has 1 aromatic rings. The summed E-state index contributed by atoms with van der Waals surface area (Å²) in [6.45, 7) is 0. The Morgan fingerprint density at radius 3 is 2.09 bits per heavy atom. The van der Waals surface area contributed by atoms with Crippen LogP contribution in [0.25, 0.3) is 0 Å². The fourth-order valence-corrected chi connectivity index (χ4v) is 3.03. The van der Waals surface area contributed by atoms with Crippen LogP contribution in [0.15, 0.2) is 30.3 Å². The molecule has 1 aromatic carbocycles. The van der Waals surface area contributed by atoms with Gasteiger partial charge in [-0.1, -0.05) is 30.3 Å². The summed E-state index contributed by atoms with van der Waals surface area (Å²) >= 11 is 4.17. The van der Waals surface area contributed by atoms with E-state index in [1.807, 2.05) is 0 Å². The van der Waals surface area contributed by atoms with Crippen LogP contribution in [0.1, 0.15) is 31.2 Å². The van der Waals surface area contributed by atoms with Gasteiger partial charge in [0.25, 0.3) is 0 Å². The highest BCUT2D eigenvalue weighted by Gasteiger charge is 2.30. The number of amides is 2. The average Bonchev–Trinajstić information content (AvgIpc) is 2.78. The van der Waals surface area contributed by atoms with E-state index in [0.717, 1.165) is 0 Å². The number of carbonyl (C=O) groups is 5. The molecule has 8 N–H and O–H groups in total. The van der Waals surface area contributed by atoms with Gasteiger partial charge in [-0.05, 0) is 18.4 Å². The highest BCUT2D eigenvalue weighted by atomic mass is 32.1. The molecule has 0 aromatic heterocycles. The first-order valence-electron chi connectivity index (χ1n) is 9.97. The Balaban J connectivity index is 2.93. The maximum Gasteiger partial charge on any atom is 0.326 e. The van der Waals surface area contributed by atoms with Gasteiger partial charge in [0.2, 0.25) is 11.8 Å². The number of carboxylic acid groups (broad SMARTS) is 2. The summed E-state index contributed by atoms with van der Waals surface area (Å²) in [7, 11) is 0. The molecule has 0 aliphatic carbocycles. The predicted molar refractivity (Wildman–Crippen MR) is 119 cm³/mol. The number of nitrogens with two attached hydrogens (primary N) is 2. The van der Waals surface area contributed by atoms with E-state index in [1.165, 1.54) is 0 Å². The van der Waals surface area contributed by atoms with E-state index >= 15 is 0 Å². The molecule has 12 nitrogen and oxygen atoms in total. The molecule has 2 amide bonds. The first-order valence-corrected chi connectivity index (χ1v) is 10.5. The second-order valence-electron chi connectivity index (χ2n) is 7.22. The topological polar surface area (TPSA) is 211 Å². The fraction of sp³-hybridized carbons (Fsp3) is 0.450. The number of rotatable bonds is 14. The van der Waals surface area contributed by atoms with E-state index in [0.29, 0.717) is 5.56 Å². The zero-order chi connectivity index (χ0) is 25.0. The lowest BCUT2D eigenvalue weighted by molar-refractivity contribution is -0.145. The van der Waals surface area contributed by atoms with Crippen molar-refractivity contribution in [2.24, 2.45) is 11.6 Å². The molecule has 0 spiro atoms. The summed E-state index contributed by atoms with van der Waals surface area (Å²) in [6, 6.07) is 5.14. The highest BCUT2D eigenvalue weighted by Crippen LogP contribution is 2.10. The van der Waals surface area contributed by atoms with Crippen molar-refractivity contribution in [1.82, 2.24) is 10.6 Å². The minimum absolute atomic E-state index is 0.0267. The molecule has 4 atom stereocenters. The second-order valence-corrected chi connectivity index (χ2v) is 7.78. The van der Waals surface area contributed by atoms with Crippen molar-refractivity contribution < 1.29 is 39.0 Å². The summed E-state index contributed by atoms with van der Waals surface area (Å²) in [5.74, 6) is -0.0980. The van der Waals surface area contributed by atoms with Crippen LogP contribution in [0.3, 0.4) is 0 Å². The molecule has 1 rings (SSSR count). The van der Waals surface area contributed by atoms with Gasteiger partial charge in [-0.2, -0.15) is 18.5 Å². The molecule has 0 saturated heterocycles. The number of aliphatic carboxylic acids is 2. The van der Waals surface area contributed by atoms with Gasteiger partial charge in [-0.15, -0.1) is 0 Å². The maximum absolute atomic E-state index is 12.8. The normalized spacial score (nSPS) is 14.3. The number of carboxylic acids is 2. The van der Waals surface area contributed by atoms with Gasteiger partial charge in [-0.25, -0.2) is 4.79 Å². The smallest absolute Gasteiger partial charge is 0.326 e. The lowest BCUT2D eigenvalue weighted by Gasteiger charge is -2.24. The number of nitrogens with one attached hydrogen (secondary N) is 2. The lowest BCUT2D eigenvalue weighted by atomic mass is 10.0. The van der Waals surface area contributed by atoms with Crippen molar-refractivity contribution in [2.75, 3.05) is 0 Å². The SMILES string of the molecule is NOC(=O)CC[C@H](N)C(S)C(=O)N[C@@H](Cc1ccccc1)C(=O)N[C@@H](CCC(=O)O)C(=O)O. The summed E-state index contributed by atoms with van der Waals surface area (Å²) in [5, 5.41) is 21.8. The van der Waals surface area contributed by atoms with Gasteiger partial charge in [-0.3, -0.25) is 19.2 Å². The number of thiol groups is 1. The van der Waals surface area contributed by atoms with E-state index in [9.17, 15) is 29.1 Å². The van der Waals surface area contributed by atoms with E-state index in [1.54, 1.807) is 30.3 Å². The van der Waals surface area contributed by atoms with Crippen molar-refractivity contribution in [1.29, 1.82) is 0 Å². The van der Waals surface area contributed by atoms with Crippen molar-refractivity contribution in [3.8, 4) is 0 Å². The van der Waals surface area contributed by atoms with Gasteiger partial charge >= 0.3 is 17.9 Å². The first-order chi connectivity index (χ1) is 15.5. The molecule has 0 fully saturated rings. The standard InChI is InChI=1S/C20H28N4O8S/c21-12(6-9-16(27)32-22)17(33)19(29)24-14(10-11-4-2-1-3-5-11)18(28)23-13(20(30)31)7-8-15(25)26/h1-5,12-14,17,33H,6-10,21-22H2,(H,23,28)(H,24,29)(H,25,26)(H,30,31)/t12-,13-,14-,17?/m0/s1. The molecule has 0 heterocycles. The van der Waals surface area contributed by atoms with Crippen LogP contribution >= 0.6 is 12.6 Å². The molecular weight excluding hydrogens is 456 g/mol. The van der Waals surface area contributed by atoms with Gasteiger partial charge < -0.3 is 31.4 Å². The van der Waals surface area contributed by atoms with Crippen LogP contribution in [0.2, 0.25) is 0 Å². The third-order valence-electron chi connectivity index (χ3n) is 4.66. The Morgan fingerprint density at radius 2 is 1.55 bits per heavy atom. The molecule has 0 saturated carbocycles. The van der Waals surface area contributed by atoms with Crippen LogP contribution in [0.5, 0.6) is 0 Å². The maximum atomic E-state index is 12.8. The van der Waals surface area contributed by atoms with Crippen molar-refractivity contribution in [2.45, 2.75) is 55.5 Å². The van der Waals surface area contributed by atoms with Crippen LogP contribution in [0.4, 0.5) is 0 Å². The molecule has 33 heavy (non-hydrogen) atoms. The van der Waals surface area contributed by atoms with E-state index in [4.69, 9.17) is 16.7 Å². The van der Waals surface area contributed by atoms with Gasteiger partial charge in [0.1, 0.15) is 12.1 Å². The molecule has 1 unspecified atom stereocenters. The Bertz CT molecular complexity index is 839. The summed E-state index contributed by atoms with van der Waals surface area (Å²) in [5.41, 5.74) is 6.58. The molecule has 0 radical (unpaired) electrons. The Morgan fingerprint density at radius 1 is 0.939 bits per heavy atom. The number of hydrogen-bond acceptors (Lipinski definition) is 9. The van der Waals surface area contributed by atoms with E-state index in [-0.39, 0.29) is 25.7 Å². The fourth-order valence-electron chi connectivity index (χ4n) is 2.81. The Hall–Kier alpha value is -3.16. The second kappa shape index (κ2) is 14.1. The Labute approximate surface area is 195 Å². The third-order valence-corrected chi connectivity index (χ3v) is 5.28. The quantitative estimate of drug-likeness (QED) is 0.126. The molecule has 13 heteroatoms. The van der Waals surface area contributed by atoms with Crippen molar-refractivity contribution in [3.05, 3.63) is 35.9 Å². The van der Waals surface area contributed by atoms with Gasteiger partial charge in [0.15, 0.2) is 0 Å². The monoisotopic (exact) mass is 484 g/mol. The highest BCUT2D eigenvalue weighted by molar-refractivity contribution is 7.81. The number of benzene rings is 1. The largest absolute Gasteiger partial charge is 0.481 e. The average molecular weight is 485 g/mol. The zero-order valence-electron chi connectivity index (χ0n) is 17.7. The zero-order valence-corrected chi connectivity index (χ0v) is 18.6. The number of hydrogen-bond donors (Lipinski definition) is 7. The summed E-state index contributed by atoms with van der Waals surface area (Å²) < 4.78 is 0. The lowest BCUT2D eigenvalue weighted by Crippen LogP contribution is -2.55. The van der Waals surface area contributed by atoms with Gasteiger partial charge in [0, 0.05) is 25.3 Å². The minimum atomic E-state index is -1.46. The van der Waals surface area contributed by atoms with Crippen molar-refractivity contribution >= 4 is 42.4 Å².